The number of rotatable bonds is 9. The van der Waals surface area contributed by atoms with Crippen LogP contribution >= 0.6 is 12.4 Å². The zero-order valence-corrected chi connectivity index (χ0v) is 18.2. The molecule has 0 saturated carbocycles. The number of ketones is 1. The molecule has 0 aliphatic rings. The van der Waals surface area contributed by atoms with Crippen LogP contribution in [0.2, 0.25) is 0 Å². The molecular weight excluding hydrogens is 404 g/mol. The molecule has 3 aromatic rings. The number of hydrogen-bond donors (Lipinski definition) is 1. The Bertz CT molecular complexity index is 950. The first kappa shape index (κ1) is 23.4. The summed E-state index contributed by atoms with van der Waals surface area (Å²) in [5.74, 6) is 2.26. The van der Waals surface area contributed by atoms with E-state index in [2.05, 4.69) is 4.98 Å². The second-order valence-corrected chi connectivity index (χ2v) is 7.11. The highest BCUT2D eigenvalue weighted by Crippen LogP contribution is 2.34. The quantitative estimate of drug-likeness (QED) is 0.480. The lowest BCUT2D eigenvalue weighted by Gasteiger charge is -2.06. The van der Waals surface area contributed by atoms with E-state index in [9.17, 15) is 4.79 Å². The van der Waals surface area contributed by atoms with Gasteiger partial charge in [0, 0.05) is 24.1 Å². The van der Waals surface area contributed by atoms with Gasteiger partial charge in [-0.15, -0.1) is 12.4 Å². The fourth-order valence-electron chi connectivity index (χ4n) is 2.92. The first-order valence-corrected chi connectivity index (χ1v) is 9.63. The van der Waals surface area contributed by atoms with Gasteiger partial charge in [-0.3, -0.25) is 4.79 Å². The van der Waals surface area contributed by atoms with Crippen LogP contribution in [-0.2, 0) is 0 Å². The Morgan fingerprint density at radius 3 is 2.20 bits per heavy atom. The molecule has 0 aliphatic carbocycles. The SMILES string of the molecule is COc1ccc(-c2nc(C(=O)CC(C)C)oc2-c2ccc(OCCN)cc2)cc1.Cl. The van der Waals surface area contributed by atoms with Gasteiger partial charge in [-0.05, 0) is 54.4 Å². The van der Waals surface area contributed by atoms with Crippen molar-refractivity contribution in [2.24, 2.45) is 11.7 Å². The Balaban J connectivity index is 0.00000320. The van der Waals surface area contributed by atoms with E-state index in [4.69, 9.17) is 19.6 Å². The van der Waals surface area contributed by atoms with Crippen molar-refractivity contribution >= 4 is 18.2 Å². The molecule has 7 heteroatoms. The average molecular weight is 431 g/mol. The van der Waals surface area contributed by atoms with Gasteiger partial charge in [0.25, 0.3) is 5.89 Å². The summed E-state index contributed by atoms with van der Waals surface area (Å²) in [6.07, 6.45) is 0.383. The highest BCUT2D eigenvalue weighted by molar-refractivity contribution is 5.94. The lowest BCUT2D eigenvalue weighted by molar-refractivity contribution is 0.0934. The van der Waals surface area contributed by atoms with E-state index in [1.807, 2.05) is 62.4 Å². The first-order chi connectivity index (χ1) is 14.0. The van der Waals surface area contributed by atoms with Crippen LogP contribution in [-0.4, -0.2) is 31.0 Å². The Labute approximate surface area is 182 Å². The predicted molar refractivity (Wildman–Crippen MR) is 120 cm³/mol. The minimum Gasteiger partial charge on any atom is -0.497 e. The summed E-state index contributed by atoms with van der Waals surface area (Å²) >= 11 is 0. The third-order valence-electron chi connectivity index (χ3n) is 4.33. The molecule has 0 atom stereocenters. The fraction of sp³-hybridized carbons (Fsp3) is 0.304. The molecule has 0 aliphatic heterocycles. The number of oxazole rings is 1. The standard InChI is InChI=1S/C23H26N2O4.ClH/c1-15(2)14-20(26)23-25-21(16-4-8-18(27-3)9-5-16)22(29-23)17-6-10-19(11-7-17)28-13-12-24;/h4-11,15H,12-14,24H2,1-3H3;1H. The van der Waals surface area contributed by atoms with Crippen molar-refractivity contribution in [3.05, 3.63) is 54.4 Å². The zero-order chi connectivity index (χ0) is 20.8. The maximum atomic E-state index is 12.5. The lowest BCUT2D eigenvalue weighted by atomic mass is 10.1. The minimum absolute atomic E-state index is 0. The van der Waals surface area contributed by atoms with E-state index in [0.29, 0.717) is 31.0 Å². The summed E-state index contributed by atoms with van der Waals surface area (Å²) in [6.45, 7) is 4.89. The van der Waals surface area contributed by atoms with Gasteiger partial charge in [-0.2, -0.15) is 0 Å². The summed E-state index contributed by atoms with van der Waals surface area (Å²) in [4.78, 5) is 17.1. The normalized spacial score (nSPS) is 10.6. The van der Waals surface area contributed by atoms with Crippen LogP contribution in [0.5, 0.6) is 11.5 Å². The number of ether oxygens (including phenoxy) is 2. The monoisotopic (exact) mass is 430 g/mol. The molecule has 1 heterocycles. The number of Topliss-reactive ketones (excluding diaryl/α,β-unsaturated/α-hetero) is 1. The van der Waals surface area contributed by atoms with E-state index in [1.165, 1.54) is 0 Å². The highest BCUT2D eigenvalue weighted by Gasteiger charge is 2.22. The van der Waals surface area contributed by atoms with E-state index in [-0.39, 0.29) is 30.0 Å². The smallest absolute Gasteiger partial charge is 0.264 e. The number of carbonyl (C=O) groups excluding carboxylic acids is 1. The molecule has 0 fully saturated rings. The molecule has 160 valence electrons. The molecule has 0 bridgehead atoms. The van der Waals surface area contributed by atoms with Crippen molar-refractivity contribution in [3.63, 3.8) is 0 Å². The van der Waals surface area contributed by atoms with Gasteiger partial charge in [-0.1, -0.05) is 13.8 Å². The van der Waals surface area contributed by atoms with Crippen molar-refractivity contribution in [1.29, 1.82) is 0 Å². The van der Waals surface area contributed by atoms with Crippen LogP contribution < -0.4 is 15.2 Å². The van der Waals surface area contributed by atoms with Crippen LogP contribution in [0.15, 0.2) is 52.9 Å². The van der Waals surface area contributed by atoms with Gasteiger partial charge in [0.1, 0.15) is 23.8 Å². The van der Waals surface area contributed by atoms with E-state index in [1.54, 1.807) is 7.11 Å². The largest absolute Gasteiger partial charge is 0.497 e. The molecule has 6 nitrogen and oxygen atoms in total. The van der Waals surface area contributed by atoms with Crippen LogP contribution in [0.3, 0.4) is 0 Å². The van der Waals surface area contributed by atoms with Crippen LogP contribution in [0.25, 0.3) is 22.6 Å². The molecule has 0 spiro atoms. The third-order valence-corrected chi connectivity index (χ3v) is 4.33. The van der Waals surface area contributed by atoms with Gasteiger partial charge in [-0.25, -0.2) is 4.98 Å². The number of nitrogens with two attached hydrogens (primary N) is 1. The topological polar surface area (TPSA) is 87.6 Å². The molecule has 30 heavy (non-hydrogen) atoms. The Morgan fingerprint density at radius 1 is 1.03 bits per heavy atom. The molecular formula is C23H27ClN2O4. The van der Waals surface area contributed by atoms with Crippen molar-refractivity contribution < 1.29 is 18.7 Å². The molecule has 3 rings (SSSR count). The van der Waals surface area contributed by atoms with Crippen LogP contribution in [0.4, 0.5) is 0 Å². The summed E-state index contributed by atoms with van der Waals surface area (Å²) in [7, 11) is 1.62. The maximum Gasteiger partial charge on any atom is 0.264 e. The highest BCUT2D eigenvalue weighted by atomic mass is 35.5. The van der Waals surface area contributed by atoms with Gasteiger partial charge in [0.05, 0.1) is 7.11 Å². The fourth-order valence-corrected chi connectivity index (χ4v) is 2.92. The molecule has 0 amide bonds. The summed E-state index contributed by atoms with van der Waals surface area (Å²) in [5.41, 5.74) is 7.76. The number of carbonyl (C=O) groups is 1. The third kappa shape index (κ3) is 5.62. The van der Waals surface area contributed by atoms with Gasteiger partial charge < -0.3 is 19.6 Å². The number of aromatic nitrogens is 1. The summed E-state index contributed by atoms with van der Waals surface area (Å²) in [6, 6.07) is 15.0. The van der Waals surface area contributed by atoms with E-state index in [0.717, 1.165) is 22.6 Å². The Kier molecular flexibility index (Phi) is 8.45. The number of halogens is 1. The number of methoxy groups -OCH3 is 1. The van der Waals surface area contributed by atoms with Gasteiger partial charge in [0.15, 0.2) is 5.76 Å². The van der Waals surface area contributed by atoms with Crippen LogP contribution in [0.1, 0.15) is 31.0 Å². The first-order valence-electron chi connectivity index (χ1n) is 9.63. The zero-order valence-electron chi connectivity index (χ0n) is 17.4. The number of nitrogens with zero attached hydrogens (tertiary/aromatic N) is 1. The number of hydrogen-bond acceptors (Lipinski definition) is 6. The van der Waals surface area contributed by atoms with Gasteiger partial charge in [0.2, 0.25) is 5.78 Å². The van der Waals surface area contributed by atoms with Crippen molar-refractivity contribution in [3.8, 4) is 34.1 Å². The molecule has 2 aromatic carbocycles. The number of benzene rings is 2. The minimum atomic E-state index is -0.107. The summed E-state index contributed by atoms with van der Waals surface area (Å²) < 4.78 is 16.7. The van der Waals surface area contributed by atoms with Crippen molar-refractivity contribution in [2.45, 2.75) is 20.3 Å². The van der Waals surface area contributed by atoms with Gasteiger partial charge >= 0.3 is 0 Å². The Hall–Kier alpha value is -2.83. The molecule has 0 unspecified atom stereocenters. The predicted octanol–water partition coefficient (Wildman–Crippen LogP) is 5.01. The molecule has 0 saturated heterocycles. The van der Waals surface area contributed by atoms with Crippen LogP contribution in [0, 0.1) is 5.92 Å². The maximum absolute atomic E-state index is 12.5. The molecule has 0 radical (unpaired) electrons. The second kappa shape index (κ2) is 10.8. The van der Waals surface area contributed by atoms with E-state index >= 15 is 0 Å². The van der Waals surface area contributed by atoms with E-state index < -0.39 is 0 Å². The average Bonchev–Trinajstić information content (AvgIpc) is 3.18. The Morgan fingerprint density at radius 2 is 1.63 bits per heavy atom. The second-order valence-electron chi connectivity index (χ2n) is 7.11. The lowest BCUT2D eigenvalue weighted by Crippen LogP contribution is -2.10. The summed E-state index contributed by atoms with van der Waals surface area (Å²) in [5, 5.41) is 0. The molecule has 1 aromatic heterocycles. The molecule has 2 N–H and O–H groups in total. The van der Waals surface area contributed by atoms with Crippen molar-refractivity contribution in [2.75, 3.05) is 20.3 Å². The van der Waals surface area contributed by atoms with Crippen molar-refractivity contribution in [1.82, 2.24) is 4.98 Å².